The fraction of sp³-hybridized carbons (Fsp3) is 0.400. The van der Waals surface area contributed by atoms with Crippen molar-refractivity contribution in [2.45, 2.75) is 44.1 Å². The lowest BCUT2D eigenvalue weighted by Gasteiger charge is -2.20. The molecule has 0 unspecified atom stereocenters. The number of rotatable bonds is 6. The molecule has 1 saturated carbocycles. The average molecular weight is 279 g/mol. The van der Waals surface area contributed by atoms with Crippen LogP contribution in [0.15, 0.2) is 60.7 Å². The van der Waals surface area contributed by atoms with Gasteiger partial charge in [-0.05, 0) is 36.9 Å². The third-order valence-corrected chi connectivity index (χ3v) is 4.63. The zero-order valence-electron chi connectivity index (χ0n) is 12.7. The molecule has 3 rings (SSSR count). The van der Waals surface area contributed by atoms with Gasteiger partial charge in [0, 0.05) is 12.0 Å². The molecule has 1 aliphatic rings. The minimum absolute atomic E-state index is 0.501. The van der Waals surface area contributed by atoms with Crippen LogP contribution in [0.3, 0.4) is 0 Å². The summed E-state index contributed by atoms with van der Waals surface area (Å²) < 4.78 is 0. The number of benzene rings is 2. The van der Waals surface area contributed by atoms with Crippen molar-refractivity contribution in [1.29, 1.82) is 0 Å². The van der Waals surface area contributed by atoms with E-state index in [-0.39, 0.29) is 0 Å². The first-order chi connectivity index (χ1) is 10.4. The molecule has 1 N–H and O–H groups in total. The van der Waals surface area contributed by atoms with Crippen LogP contribution < -0.4 is 5.32 Å². The minimum Gasteiger partial charge on any atom is -0.314 e. The molecule has 0 atom stereocenters. The van der Waals surface area contributed by atoms with Gasteiger partial charge in [-0.3, -0.25) is 0 Å². The Labute approximate surface area is 128 Å². The summed E-state index contributed by atoms with van der Waals surface area (Å²) in [6.07, 6.45) is 6.70. The van der Waals surface area contributed by atoms with Crippen LogP contribution in [0.25, 0.3) is 0 Å². The van der Waals surface area contributed by atoms with Crippen molar-refractivity contribution in [1.82, 2.24) is 5.32 Å². The van der Waals surface area contributed by atoms with E-state index in [9.17, 15) is 0 Å². The summed E-state index contributed by atoms with van der Waals surface area (Å²) in [7, 11) is 0. The maximum absolute atomic E-state index is 3.75. The van der Waals surface area contributed by atoms with E-state index in [4.69, 9.17) is 0 Å². The Morgan fingerprint density at radius 1 is 0.810 bits per heavy atom. The topological polar surface area (TPSA) is 12.0 Å². The molecule has 1 aliphatic carbocycles. The van der Waals surface area contributed by atoms with E-state index in [0.29, 0.717) is 5.92 Å². The summed E-state index contributed by atoms with van der Waals surface area (Å²) >= 11 is 0. The summed E-state index contributed by atoms with van der Waals surface area (Å²) in [4.78, 5) is 0. The lowest BCUT2D eigenvalue weighted by Crippen LogP contribution is -2.28. The molecule has 0 heterocycles. The van der Waals surface area contributed by atoms with E-state index in [1.165, 1.54) is 43.2 Å². The van der Waals surface area contributed by atoms with Crippen molar-refractivity contribution in [2.75, 3.05) is 6.54 Å². The summed E-state index contributed by atoms with van der Waals surface area (Å²) in [5, 5.41) is 3.75. The second-order valence-electron chi connectivity index (χ2n) is 6.10. The van der Waals surface area contributed by atoms with Gasteiger partial charge in [0.15, 0.2) is 0 Å². The maximum Gasteiger partial charge on any atom is 0.0101 e. The summed E-state index contributed by atoms with van der Waals surface area (Å²) in [5.74, 6) is 0.501. The first-order valence-corrected chi connectivity index (χ1v) is 8.27. The number of hydrogen-bond acceptors (Lipinski definition) is 1. The molecule has 21 heavy (non-hydrogen) atoms. The van der Waals surface area contributed by atoms with E-state index < -0.39 is 0 Å². The molecule has 0 amide bonds. The van der Waals surface area contributed by atoms with Crippen LogP contribution in [0.2, 0.25) is 0 Å². The molecule has 1 fully saturated rings. The molecular weight excluding hydrogens is 254 g/mol. The van der Waals surface area contributed by atoms with Gasteiger partial charge in [-0.25, -0.2) is 0 Å². The van der Waals surface area contributed by atoms with Gasteiger partial charge >= 0.3 is 0 Å². The molecule has 0 aromatic heterocycles. The number of hydrogen-bond donors (Lipinski definition) is 1. The minimum atomic E-state index is 0.501. The Kier molecular flexibility index (Phi) is 5.07. The van der Waals surface area contributed by atoms with Crippen molar-refractivity contribution < 1.29 is 0 Å². The Bertz CT molecular complexity index is 475. The van der Waals surface area contributed by atoms with Gasteiger partial charge in [-0.15, -0.1) is 0 Å². The Hall–Kier alpha value is -1.60. The van der Waals surface area contributed by atoms with Gasteiger partial charge in [0.25, 0.3) is 0 Å². The van der Waals surface area contributed by atoms with Crippen LogP contribution in [-0.2, 0) is 0 Å². The predicted molar refractivity (Wildman–Crippen MR) is 89.6 cm³/mol. The van der Waals surface area contributed by atoms with Crippen LogP contribution in [0.1, 0.15) is 49.1 Å². The van der Waals surface area contributed by atoms with Crippen LogP contribution in [0.5, 0.6) is 0 Å². The van der Waals surface area contributed by atoms with E-state index in [2.05, 4.69) is 66.0 Å². The largest absolute Gasteiger partial charge is 0.314 e. The average Bonchev–Trinajstić information content (AvgIpc) is 3.07. The van der Waals surface area contributed by atoms with Gasteiger partial charge in [0.05, 0.1) is 0 Å². The standard InChI is InChI=1S/C20H25N/c1-3-9-17(10-4-1)20(18-11-5-2-6-12-18)15-16-21-19-13-7-8-14-19/h1-6,9-12,19-21H,7-8,13-16H2. The van der Waals surface area contributed by atoms with Crippen LogP contribution in [0, 0.1) is 0 Å². The lowest BCUT2D eigenvalue weighted by atomic mass is 9.88. The van der Waals surface area contributed by atoms with Crippen molar-refractivity contribution in [2.24, 2.45) is 0 Å². The molecule has 0 radical (unpaired) electrons. The normalized spacial score (nSPS) is 15.7. The fourth-order valence-corrected chi connectivity index (χ4v) is 3.46. The molecule has 0 saturated heterocycles. The van der Waals surface area contributed by atoms with E-state index in [1.807, 2.05) is 0 Å². The van der Waals surface area contributed by atoms with Crippen LogP contribution in [-0.4, -0.2) is 12.6 Å². The smallest absolute Gasteiger partial charge is 0.0101 e. The molecule has 0 aliphatic heterocycles. The quantitative estimate of drug-likeness (QED) is 0.805. The third-order valence-electron chi connectivity index (χ3n) is 4.63. The van der Waals surface area contributed by atoms with Gasteiger partial charge in [0.1, 0.15) is 0 Å². The van der Waals surface area contributed by atoms with Gasteiger partial charge in [-0.2, -0.15) is 0 Å². The van der Waals surface area contributed by atoms with Crippen molar-refractivity contribution in [3.63, 3.8) is 0 Å². The highest BCUT2D eigenvalue weighted by atomic mass is 14.9. The summed E-state index contributed by atoms with van der Waals surface area (Å²) in [6.45, 7) is 1.11. The van der Waals surface area contributed by atoms with Crippen molar-refractivity contribution in [3.05, 3.63) is 71.8 Å². The second kappa shape index (κ2) is 7.42. The highest BCUT2D eigenvalue weighted by Gasteiger charge is 2.17. The predicted octanol–water partition coefficient (Wildman–Crippen LogP) is 4.74. The molecule has 110 valence electrons. The molecule has 0 spiro atoms. The number of nitrogens with one attached hydrogen (secondary N) is 1. The van der Waals surface area contributed by atoms with E-state index in [1.54, 1.807) is 0 Å². The molecular formula is C20H25N. The zero-order chi connectivity index (χ0) is 14.3. The van der Waals surface area contributed by atoms with Gasteiger partial charge in [0.2, 0.25) is 0 Å². The Morgan fingerprint density at radius 3 is 1.86 bits per heavy atom. The first-order valence-electron chi connectivity index (χ1n) is 8.27. The third kappa shape index (κ3) is 3.95. The summed E-state index contributed by atoms with van der Waals surface area (Å²) in [6, 6.07) is 22.6. The molecule has 0 bridgehead atoms. The molecule has 1 heteroatoms. The van der Waals surface area contributed by atoms with Crippen molar-refractivity contribution >= 4 is 0 Å². The second-order valence-corrected chi connectivity index (χ2v) is 6.10. The Morgan fingerprint density at radius 2 is 1.33 bits per heavy atom. The molecule has 2 aromatic rings. The lowest BCUT2D eigenvalue weighted by molar-refractivity contribution is 0.503. The first kappa shape index (κ1) is 14.3. The SMILES string of the molecule is c1ccc(C(CCNC2CCCC2)c2ccccc2)cc1. The van der Waals surface area contributed by atoms with E-state index >= 15 is 0 Å². The van der Waals surface area contributed by atoms with Crippen LogP contribution >= 0.6 is 0 Å². The van der Waals surface area contributed by atoms with Crippen LogP contribution in [0.4, 0.5) is 0 Å². The Balaban J connectivity index is 1.67. The monoisotopic (exact) mass is 279 g/mol. The molecule has 1 nitrogen and oxygen atoms in total. The highest BCUT2D eigenvalue weighted by Crippen LogP contribution is 2.27. The molecule has 2 aromatic carbocycles. The maximum atomic E-state index is 3.75. The fourth-order valence-electron chi connectivity index (χ4n) is 3.46. The van der Waals surface area contributed by atoms with Crippen molar-refractivity contribution in [3.8, 4) is 0 Å². The zero-order valence-corrected chi connectivity index (χ0v) is 12.7. The highest BCUT2D eigenvalue weighted by molar-refractivity contribution is 5.32. The van der Waals surface area contributed by atoms with Gasteiger partial charge in [-0.1, -0.05) is 73.5 Å². The van der Waals surface area contributed by atoms with Gasteiger partial charge < -0.3 is 5.32 Å². The summed E-state index contributed by atoms with van der Waals surface area (Å²) in [5.41, 5.74) is 2.86. The van der Waals surface area contributed by atoms with E-state index in [0.717, 1.165) is 12.6 Å².